The molecule has 2 unspecified atom stereocenters. The van der Waals surface area contributed by atoms with Gasteiger partial charge < -0.3 is 11.1 Å². The lowest BCUT2D eigenvalue weighted by Gasteiger charge is -2.11. The fraction of sp³-hybridized carbons (Fsp3) is 0.889. The standard InChI is InChI=1S/C9H18N2O/c1-2-9(12)11-8-4-3-7(5-8)6-10/h7-8H,2-6,10H2,1H3,(H,11,12). The Morgan fingerprint density at radius 3 is 2.83 bits per heavy atom. The summed E-state index contributed by atoms with van der Waals surface area (Å²) in [6.45, 7) is 2.64. The van der Waals surface area contributed by atoms with Crippen LogP contribution in [-0.2, 0) is 4.79 Å². The van der Waals surface area contributed by atoms with E-state index in [2.05, 4.69) is 5.32 Å². The van der Waals surface area contributed by atoms with Crippen molar-refractivity contribution in [2.45, 2.75) is 38.6 Å². The average Bonchev–Trinajstić information content (AvgIpc) is 2.52. The van der Waals surface area contributed by atoms with Crippen LogP contribution in [0.3, 0.4) is 0 Å². The van der Waals surface area contributed by atoms with E-state index in [9.17, 15) is 4.79 Å². The van der Waals surface area contributed by atoms with Crippen molar-refractivity contribution in [2.75, 3.05) is 6.54 Å². The summed E-state index contributed by atoms with van der Waals surface area (Å²) in [6, 6.07) is 0.394. The van der Waals surface area contributed by atoms with Gasteiger partial charge in [-0.05, 0) is 31.7 Å². The van der Waals surface area contributed by atoms with Crippen molar-refractivity contribution in [1.82, 2.24) is 5.32 Å². The summed E-state index contributed by atoms with van der Waals surface area (Å²) in [6.07, 6.45) is 3.94. The molecule has 1 saturated carbocycles. The number of carbonyl (C=O) groups excluding carboxylic acids is 1. The first kappa shape index (κ1) is 9.52. The van der Waals surface area contributed by atoms with Crippen molar-refractivity contribution in [3.05, 3.63) is 0 Å². The Kier molecular flexibility index (Phi) is 3.53. The van der Waals surface area contributed by atoms with Gasteiger partial charge in [0.1, 0.15) is 0 Å². The highest BCUT2D eigenvalue weighted by atomic mass is 16.1. The van der Waals surface area contributed by atoms with Gasteiger partial charge in [0.25, 0.3) is 0 Å². The highest BCUT2D eigenvalue weighted by molar-refractivity contribution is 5.75. The summed E-state index contributed by atoms with van der Waals surface area (Å²) >= 11 is 0. The van der Waals surface area contributed by atoms with Crippen LogP contribution in [0.15, 0.2) is 0 Å². The second-order valence-electron chi connectivity index (χ2n) is 3.53. The summed E-state index contributed by atoms with van der Waals surface area (Å²) in [7, 11) is 0. The molecule has 0 aromatic carbocycles. The lowest BCUT2D eigenvalue weighted by atomic mass is 10.1. The molecule has 0 aromatic heterocycles. The van der Waals surface area contributed by atoms with Crippen LogP contribution in [0.2, 0.25) is 0 Å². The van der Waals surface area contributed by atoms with E-state index in [-0.39, 0.29) is 5.91 Å². The van der Waals surface area contributed by atoms with Gasteiger partial charge >= 0.3 is 0 Å². The van der Waals surface area contributed by atoms with E-state index in [0.29, 0.717) is 18.4 Å². The molecule has 1 fully saturated rings. The minimum absolute atomic E-state index is 0.165. The zero-order chi connectivity index (χ0) is 8.97. The summed E-state index contributed by atoms with van der Waals surface area (Å²) in [4.78, 5) is 11.0. The van der Waals surface area contributed by atoms with Gasteiger partial charge in [0, 0.05) is 12.5 Å². The first-order valence-electron chi connectivity index (χ1n) is 4.75. The third-order valence-corrected chi connectivity index (χ3v) is 2.56. The Bertz CT molecular complexity index is 159. The normalized spacial score (nSPS) is 28.8. The van der Waals surface area contributed by atoms with Crippen LogP contribution in [0.4, 0.5) is 0 Å². The number of nitrogens with two attached hydrogens (primary N) is 1. The monoisotopic (exact) mass is 170 g/mol. The van der Waals surface area contributed by atoms with Gasteiger partial charge in [-0.15, -0.1) is 0 Å². The zero-order valence-electron chi connectivity index (χ0n) is 7.68. The van der Waals surface area contributed by atoms with Crippen LogP contribution >= 0.6 is 0 Å². The first-order valence-corrected chi connectivity index (χ1v) is 4.75. The Morgan fingerprint density at radius 2 is 2.33 bits per heavy atom. The second-order valence-corrected chi connectivity index (χ2v) is 3.53. The van der Waals surface area contributed by atoms with Crippen molar-refractivity contribution in [3.8, 4) is 0 Å². The number of hydrogen-bond acceptors (Lipinski definition) is 2. The lowest BCUT2D eigenvalue weighted by Crippen LogP contribution is -2.32. The average molecular weight is 170 g/mol. The zero-order valence-corrected chi connectivity index (χ0v) is 7.68. The number of rotatable bonds is 3. The van der Waals surface area contributed by atoms with Gasteiger partial charge in [-0.25, -0.2) is 0 Å². The SMILES string of the molecule is CCC(=O)NC1CCC(CN)C1. The summed E-state index contributed by atoms with van der Waals surface area (Å²) < 4.78 is 0. The molecule has 2 atom stereocenters. The fourth-order valence-electron chi connectivity index (χ4n) is 1.75. The first-order chi connectivity index (χ1) is 5.76. The summed E-state index contributed by atoms with van der Waals surface area (Å²) in [5, 5.41) is 3.00. The Balaban J connectivity index is 2.23. The van der Waals surface area contributed by atoms with Gasteiger partial charge in [-0.3, -0.25) is 4.79 Å². The Labute approximate surface area is 73.7 Å². The van der Waals surface area contributed by atoms with Crippen molar-refractivity contribution in [3.63, 3.8) is 0 Å². The minimum Gasteiger partial charge on any atom is -0.353 e. The molecule has 1 rings (SSSR count). The van der Waals surface area contributed by atoms with E-state index < -0.39 is 0 Å². The predicted molar refractivity (Wildman–Crippen MR) is 48.6 cm³/mol. The quantitative estimate of drug-likeness (QED) is 0.653. The molecule has 3 heteroatoms. The second kappa shape index (κ2) is 4.45. The molecule has 12 heavy (non-hydrogen) atoms. The molecule has 0 spiro atoms. The van der Waals surface area contributed by atoms with E-state index in [1.54, 1.807) is 0 Å². The van der Waals surface area contributed by atoms with E-state index in [0.717, 1.165) is 19.4 Å². The molecule has 70 valence electrons. The highest BCUT2D eigenvalue weighted by Gasteiger charge is 2.23. The number of nitrogens with one attached hydrogen (secondary N) is 1. The molecule has 3 N–H and O–H groups in total. The fourth-order valence-corrected chi connectivity index (χ4v) is 1.75. The molecular weight excluding hydrogens is 152 g/mol. The summed E-state index contributed by atoms with van der Waals surface area (Å²) in [5.41, 5.74) is 5.55. The van der Waals surface area contributed by atoms with Gasteiger partial charge in [0.2, 0.25) is 5.91 Å². The third kappa shape index (κ3) is 2.48. The molecule has 0 heterocycles. The predicted octanol–water partition coefficient (Wildman–Crippen LogP) is 0.640. The van der Waals surface area contributed by atoms with Crippen molar-refractivity contribution >= 4 is 5.91 Å². The van der Waals surface area contributed by atoms with Crippen LogP contribution in [-0.4, -0.2) is 18.5 Å². The Hall–Kier alpha value is -0.570. The molecular formula is C9H18N2O. The van der Waals surface area contributed by atoms with Crippen molar-refractivity contribution < 1.29 is 4.79 Å². The maximum atomic E-state index is 11.0. The molecule has 0 bridgehead atoms. The van der Waals surface area contributed by atoms with Gasteiger partial charge in [0.05, 0.1) is 0 Å². The van der Waals surface area contributed by atoms with Gasteiger partial charge in [-0.1, -0.05) is 6.92 Å². The van der Waals surface area contributed by atoms with E-state index in [4.69, 9.17) is 5.73 Å². The van der Waals surface area contributed by atoms with Crippen molar-refractivity contribution in [2.24, 2.45) is 11.7 Å². The smallest absolute Gasteiger partial charge is 0.219 e. The van der Waals surface area contributed by atoms with Gasteiger partial charge in [0.15, 0.2) is 0 Å². The highest BCUT2D eigenvalue weighted by Crippen LogP contribution is 2.24. The van der Waals surface area contributed by atoms with Crippen LogP contribution < -0.4 is 11.1 Å². The number of amides is 1. The molecule has 1 amide bonds. The maximum Gasteiger partial charge on any atom is 0.219 e. The minimum atomic E-state index is 0.165. The van der Waals surface area contributed by atoms with Crippen LogP contribution in [0.25, 0.3) is 0 Å². The molecule has 1 aliphatic carbocycles. The van der Waals surface area contributed by atoms with E-state index in [1.807, 2.05) is 6.92 Å². The number of hydrogen-bond donors (Lipinski definition) is 2. The molecule has 0 radical (unpaired) electrons. The lowest BCUT2D eigenvalue weighted by molar-refractivity contribution is -0.121. The largest absolute Gasteiger partial charge is 0.353 e. The molecule has 0 aromatic rings. The molecule has 0 saturated heterocycles. The maximum absolute atomic E-state index is 11.0. The van der Waals surface area contributed by atoms with Crippen LogP contribution in [0.5, 0.6) is 0 Å². The third-order valence-electron chi connectivity index (χ3n) is 2.56. The van der Waals surface area contributed by atoms with Crippen LogP contribution in [0, 0.1) is 5.92 Å². The van der Waals surface area contributed by atoms with E-state index in [1.165, 1.54) is 6.42 Å². The van der Waals surface area contributed by atoms with E-state index >= 15 is 0 Å². The summed E-state index contributed by atoms with van der Waals surface area (Å²) in [5.74, 6) is 0.796. The topological polar surface area (TPSA) is 55.1 Å². The molecule has 0 aliphatic heterocycles. The number of carbonyl (C=O) groups is 1. The molecule has 1 aliphatic rings. The molecule has 3 nitrogen and oxygen atoms in total. The van der Waals surface area contributed by atoms with Crippen molar-refractivity contribution in [1.29, 1.82) is 0 Å². The Morgan fingerprint density at radius 1 is 1.58 bits per heavy atom. The van der Waals surface area contributed by atoms with Crippen LogP contribution in [0.1, 0.15) is 32.6 Å². The van der Waals surface area contributed by atoms with Gasteiger partial charge in [-0.2, -0.15) is 0 Å².